The average molecular weight is 217 g/mol. The molecule has 1 saturated carbocycles. The molecule has 1 fully saturated rings. The number of nitrogens with one attached hydrogen (secondary N) is 1. The van der Waals surface area contributed by atoms with Crippen LogP contribution in [0.3, 0.4) is 0 Å². The molecule has 2 aromatic rings. The zero-order valence-corrected chi connectivity index (χ0v) is 8.55. The van der Waals surface area contributed by atoms with Gasteiger partial charge in [-0.2, -0.15) is 4.98 Å². The lowest BCUT2D eigenvalue weighted by Crippen LogP contribution is -2.08. The summed E-state index contributed by atoms with van der Waals surface area (Å²) in [6.45, 7) is 0. The summed E-state index contributed by atoms with van der Waals surface area (Å²) in [5, 5.41) is 3.93. The van der Waals surface area contributed by atoms with Crippen molar-refractivity contribution < 1.29 is 4.52 Å². The number of aromatic nitrogens is 3. The van der Waals surface area contributed by atoms with Gasteiger partial charge in [-0.1, -0.05) is 11.2 Å². The van der Waals surface area contributed by atoms with Crippen molar-refractivity contribution in [3.8, 4) is 11.6 Å². The standard InChI is InChI=1S/C10H11N5O/c11-14-8-3-1-2-7(12-8)10-13-9(15-16-10)6-4-5-6/h1-3,6H,4-5,11H2,(H,12,14). The highest BCUT2D eigenvalue weighted by atomic mass is 16.5. The van der Waals surface area contributed by atoms with Crippen LogP contribution in [0, 0.1) is 0 Å². The minimum absolute atomic E-state index is 0.444. The fourth-order valence-corrected chi connectivity index (χ4v) is 1.48. The van der Waals surface area contributed by atoms with Gasteiger partial charge in [-0.15, -0.1) is 0 Å². The van der Waals surface area contributed by atoms with Crippen LogP contribution in [0.4, 0.5) is 5.82 Å². The Bertz CT molecular complexity index is 505. The summed E-state index contributed by atoms with van der Waals surface area (Å²) in [4.78, 5) is 8.53. The molecule has 0 unspecified atom stereocenters. The third kappa shape index (κ3) is 1.63. The van der Waals surface area contributed by atoms with E-state index in [1.807, 2.05) is 12.1 Å². The summed E-state index contributed by atoms with van der Waals surface area (Å²) in [7, 11) is 0. The summed E-state index contributed by atoms with van der Waals surface area (Å²) >= 11 is 0. The number of hydrazine groups is 1. The van der Waals surface area contributed by atoms with E-state index in [2.05, 4.69) is 20.6 Å². The van der Waals surface area contributed by atoms with Crippen molar-refractivity contribution in [3.05, 3.63) is 24.0 Å². The molecule has 6 nitrogen and oxygen atoms in total. The Morgan fingerprint density at radius 2 is 2.19 bits per heavy atom. The van der Waals surface area contributed by atoms with Gasteiger partial charge in [-0.05, 0) is 25.0 Å². The maximum atomic E-state index is 5.28. The van der Waals surface area contributed by atoms with Gasteiger partial charge in [0.05, 0.1) is 0 Å². The minimum atomic E-state index is 0.444. The van der Waals surface area contributed by atoms with E-state index in [1.54, 1.807) is 6.07 Å². The fourth-order valence-electron chi connectivity index (χ4n) is 1.48. The second kappa shape index (κ2) is 3.57. The Labute approximate surface area is 91.8 Å². The molecule has 1 aliphatic carbocycles. The van der Waals surface area contributed by atoms with Crippen molar-refractivity contribution in [3.63, 3.8) is 0 Å². The van der Waals surface area contributed by atoms with Gasteiger partial charge in [0.2, 0.25) is 0 Å². The van der Waals surface area contributed by atoms with Gasteiger partial charge >= 0.3 is 0 Å². The number of anilines is 1. The third-order valence-electron chi connectivity index (χ3n) is 2.50. The lowest BCUT2D eigenvalue weighted by molar-refractivity contribution is 0.421. The molecule has 82 valence electrons. The predicted octanol–water partition coefficient (Wildman–Crippen LogP) is 1.29. The molecule has 0 aliphatic heterocycles. The van der Waals surface area contributed by atoms with Crippen molar-refractivity contribution in [2.45, 2.75) is 18.8 Å². The maximum absolute atomic E-state index is 5.28. The topological polar surface area (TPSA) is 89.9 Å². The number of nitrogen functional groups attached to an aromatic ring is 1. The summed E-state index contributed by atoms with van der Waals surface area (Å²) in [6.07, 6.45) is 2.30. The molecular weight excluding hydrogens is 206 g/mol. The zero-order chi connectivity index (χ0) is 11.0. The van der Waals surface area contributed by atoms with E-state index in [0.717, 1.165) is 18.7 Å². The van der Waals surface area contributed by atoms with Gasteiger partial charge in [0.15, 0.2) is 5.82 Å². The van der Waals surface area contributed by atoms with E-state index in [4.69, 9.17) is 10.4 Å². The molecule has 0 bridgehead atoms. The monoisotopic (exact) mass is 217 g/mol. The summed E-state index contributed by atoms with van der Waals surface area (Å²) in [6, 6.07) is 5.41. The molecule has 3 rings (SSSR count). The lowest BCUT2D eigenvalue weighted by atomic mass is 10.3. The molecule has 16 heavy (non-hydrogen) atoms. The van der Waals surface area contributed by atoms with Gasteiger partial charge in [-0.25, -0.2) is 10.8 Å². The van der Waals surface area contributed by atoms with Crippen LogP contribution in [0.25, 0.3) is 11.6 Å². The first-order valence-corrected chi connectivity index (χ1v) is 5.14. The average Bonchev–Trinajstić information content (AvgIpc) is 3.07. The molecule has 3 N–H and O–H groups in total. The molecule has 0 atom stereocenters. The molecule has 0 amide bonds. The fraction of sp³-hybridized carbons (Fsp3) is 0.300. The van der Waals surface area contributed by atoms with Crippen LogP contribution in [0.5, 0.6) is 0 Å². The van der Waals surface area contributed by atoms with E-state index in [0.29, 0.717) is 23.3 Å². The molecule has 0 spiro atoms. The van der Waals surface area contributed by atoms with Gasteiger partial charge in [0, 0.05) is 5.92 Å². The van der Waals surface area contributed by atoms with Crippen LogP contribution < -0.4 is 11.3 Å². The minimum Gasteiger partial charge on any atom is -0.332 e. The van der Waals surface area contributed by atoms with E-state index in [-0.39, 0.29) is 0 Å². The predicted molar refractivity (Wildman–Crippen MR) is 57.3 cm³/mol. The highest BCUT2D eigenvalue weighted by Crippen LogP contribution is 2.38. The zero-order valence-electron chi connectivity index (χ0n) is 8.55. The molecule has 2 aromatic heterocycles. The Hall–Kier alpha value is -1.95. The first-order valence-electron chi connectivity index (χ1n) is 5.14. The van der Waals surface area contributed by atoms with Crippen LogP contribution in [-0.4, -0.2) is 15.1 Å². The van der Waals surface area contributed by atoms with Crippen LogP contribution in [0.1, 0.15) is 24.6 Å². The smallest absolute Gasteiger partial charge is 0.276 e. The Balaban J connectivity index is 1.93. The van der Waals surface area contributed by atoms with Gasteiger partial charge in [-0.3, -0.25) is 0 Å². The third-order valence-corrected chi connectivity index (χ3v) is 2.50. The largest absolute Gasteiger partial charge is 0.332 e. The quantitative estimate of drug-likeness (QED) is 0.594. The summed E-state index contributed by atoms with van der Waals surface area (Å²) in [5.41, 5.74) is 3.11. The second-order valence-corrected chi connectivity index (χ2v) is 3.78. The summed E-state index contributed by atoms with van der Waals surface area (Å²) < 4.78 is 5.16. The van der Waals surface area contributed by atoms with Crippen molar-refractivity contribution >= 4 is 5.82 Å². The number of nitrogens with zero attached hydrogens (tertiary/aromatic N) is 3. The SMILES string of the molecule is NNc1cccc(-c2nc(C3CC3)no2)n1. The van der Waals surface area contributed by atoms with Gasteiger partial charge < -0.3 is 9.95 Å². The van der Waals surface area contributed by atoms with E-state index < -0.39 is 0 Å². The highest BCUT2D eigenvalue weighted by Gasteiger charge is 2.29. The number of rotatable bonds is 3. The van der Waals surface area contributed by atoms with Crippen molar-refractivity contribution in [2.75, 3.05) is 5.43 Å². The van der Waals surface area contributed by atoms with Crippen molar-refractivity contribution in [2.24, 2.45) is 5.84 Å². The van der Waals surface area contributed by atoms with Crippen LogP contribution in [0.15, 0.2) is 22.7 Å². The summed E-state index contributed by atoms with van der Waals surface area (Å²) in [5.74, 6) is 7.56. The van der Waals surface area contributed by atoms with Crippen molar-refractivity contribution in [1.29, 1.82) is 0 Å². The second-order valence-electron chi connectivity index (χ2n) is 3.78. The molecule has 0 aromatic carbocycles. The number of hydrogen-bond acceptors (Lipinski definition) is 6. The van der Waals surface area contributed by atoms with E-state index >= 15 is 0 Å². The normalized spacial score (nSPS) is 15.1. The van der Waals surface area contributed by atoms with Crippen LogP contribution in [-0.2, 0) is 0 Å². The molecule has 6 heteroatoms. The Morgan fingerprint density at radius 3 is 2.94 bits per heavy atom. The number of nitrogens with two attached hydrogens (primary N) is 1. The van der Waals surface area contributed by atoms with Crippen LogP contribution in [0.2, 0.25) is 0 Å². The Morgan fingerprint density at radius 1 is 1.31 bits per heavy atom. The molecule has 2 heterocycles. The van der Waals surface area contributed by atoms with Gasteiger partial charge in [0.1, 0.15) is 11.5 Å². The molecular formula is C10H11N5O. The molecule has 0 radical (unpaired) electrons. The molecule has 0 saturated heterocycles. The number of pyridine rings is 1. The molecule has 1 aliphatic rings. The van der Waals surface area contributed by atoms with Crippen LogP contribution >= 0.6 is 0 Å². The number of hydrogen-bond donors (Lipinski definition) is 2. The Kier molecular flexibility index (Phi) is 2.07. The first-order chi connectivity index (χ1) is 7.86. The van der Waals surface area contributed by atoms with E-state index in [9.17, 15) is 0 Å². The van der Waals surface area contributed by atoms with E-state index in [1.165, 1.54) is 0 Å². The van der Waals surface area contributed by atoms with Crippen molar-refractivity contribution in [1.82, 2.24) is 15.1 Å². The highest BCUT2D eigenvalue weighted by molar-refractivity contribution is 5.51. The van der Waals surface area contributed by atoms with Gasteiger partial charge in [0.25, 0.3) is 5.89 Å². The first kappa shape index (κ1) is 9.29. The lowest BCUT2D eigenvalue weighted by Gasteiger charge is -1.98. The maximum Gasteiger partial charge on any atom is 0.276 e.